The van der Waals surface area contributed by atoms with Crippen LogP contribution in [0.15, 0.2) is 17.0 Å². The lowest BCUT2D eigenvalue weighted by Gasteiger charge is -2.15. The maximum atomic E-state index is 12.4. The van der Waals surface area contributed by atoms with Gasteiger partial charge in [-0.25, -0.2) is 13.1 Å². The van der Waals surface area contributed by atoms with E-state index in [-0.39, 0.29) is 32.7 Å². The fourth-order valence-electron chi connectivity index (χ4n) is 2.47. The van der Waals surface area contributed by atoms with Crippen LogP contribution in [0.4, 0.5) is 0 Å². The number of hydrogen-bond acceptors (Lipinski definition) is 4. The third kappa shape index (κ3) is 3.70. The lowest BCUT2D eigenvalue weighted by Crippen LogP contribution is -2.33. The lowest BCUT2D eigenvalue weighted by atomic mass is 10.2. The van der Waals surface area contributed by atoms with Gasteiger partial charge in [-0.3, -0.25) is 0 Å². The average molecular weight is 354 g/mol. The summed E-state index contributed by atoms with van der Waals surface area (Å²) in [6, 6.07) is 2.58. The molecule has 2 unspecified atom stereocenters. The van der Waals surface area contributed by atoms with E-state index in [2.05, 4.69) is 4.72 Å². The van der Waals surface area contributed by atoms with Gasteiger partial charge in [0, 0.05) is 23.7 Å². The predicted octanol–water partition coefficient (Wildman–Crippen LogP) is 2.33. The maximum absolute atomic E-state index is 12.4. The summed E-state index contributed by atoms with van der Waals surface area (Å²) in [5, 5.41) is 9.43. The number of sulfonamides is 1. The lowest BCUT2D eigenvalue weighted by molar-refractivity contribution is 0.107. The molecule has 0 saturated heterocycles. The minimum atomic E-state index is -3.76. The van der Waals surface area contributed by atoms with Crippen LogP contribution in [-0.4, -0.2) is 32.8 Å². The molecular weight excluding hydrogens is 337 g/mol. The number of ether oxygens (including phenoxy) is 1. The molecular formula is C13H17Cl2NO4S. The SMILES string of the molecule is COC1CCC(NS(=O)(=O)c2ccc(Cl)c(CO)c2Cl)C1. The molecule has 0 bridgehead atoms. The predicted molar refractivity (Wildman–Crippen MR) is 81.1 cm³/mol. The number of rotatable bonds is 5. The zero-order valence-corrected chi connectivity index (χ0v) is 13.8. The van der Waals surface area contributed by atoms with E-state index < -0.39 is 16.6 Å². The fourth-order valence-corrected chi connectivity index (χ4v) is 4.65. The molecule has 118 valence electrons. The quantitative estimate of drug-likeness (QED) is 0.851. The van der Waals surface area contributed by atoms with Crippen molar-refractivity contribution in [3.63, 3.8) is 0 Å². The fraction of sp³-hybridized carbons (Fsp3) is 0.538. The average Bonchev–Trinajstić information content (AvgIpc) is 2.85. The van der Waals surface area contributed by atoms with Gasteiger partial charge in [0.05, 0.1) is 17.7 Å². The Morgan fingerprint density at radius 2 is 2.10 bits per heavy atom. The molecule has 0 radical (unpaired) electrons. The van der Waals surface area contributed by atoms with Gasteiger partial charge in [0.15, 0.2) is 0 Å². The highest BCUT2D eigenvalue weighted by atomic mass is 35.5. The number of benzene rings is 1. The zero-order valence-electron chi connectivity index (χ0n) is 11.5. The van der Waals surface area contributed by atoms with Crippen LogP contribution < -0.4 is 4.72 Å². The molecule has 8 heteroatoms. The molecule has 1 aliphatic rings. The molecule has 2 atom stereocenters. The highest BCUT2D eigenvalue weighted by Gasteiger charge is 2.30. The van der Waals surface area contributed by atoms with Gasteiger partial charge in [-0.1, -0.05) is 23.2 Å². The summed E-state index contributed by atoms with van der Waals surface area (Å²) in [6.45, 7) is -0.420. The summed E-state index contributed by atoms with van der Waals surface area (Å²) < 4.78 is 32.7. The molecule has 0 aromatic heterocycles. The van der Waals surface area contributed by atoms with Gasteiger partial charge < -0.3 is 9.84 Å². The van der Waals surface area contributed by atoms with Crippen LogP contribution in [0.3, 0.4) is 0 Å². The van der Waals surface area contributed by atoms with Gasteiger partial charge in [-0.15, -0.1) is 0 Å². The molecule has 2 rings (SSSR count). The second-order valence-corrected chi connectivity index (χ2v) is 7.45. The van der Waals surface area contributed by atoms with Gasteiger partial charge in [0.1, 0.15) is 4.90 Å². The largest absolute Gasteiger partial charge is 0.392 e. The maximum Gasteiger partial charge on any atom is 0.242 e. The Kier molecular flexibility index (Phi) is 5.51. The van der Waals surface area contributed by atoms with E-state index in [4.69, 9.17) is 27.9 Å². The normalized spacial score (nSPS) is 22.7. The number of aliphatic hydroxyl groups is 1. The molecule has 0 amide bonds. The van der Waals surface area contributed by atoms with Crippen LogP contribution in [0.25, 0.3) is 0 Å². The van der Waals surface area contributed by atoms with Crippen LogP contribution in [0.2, 0.25) is 10.0 Å². The molecule has 1 fully saturated rings. The first kappa shape index (κ1) is 17.0. The summed E-state index contributed by atoms with van der Waals surface area (Å²) in [6.07, 6.45) is 2.25. The number of halogens is 2. The topological polar surface area (TPSA) is 75.6 Å². The minimum Gasteiger partial charge on any atom is -0.392 e. The van der Waals surface area contributed by atoms with E-state index in [9.17, 15) is 13.5 Å². The van der Waals surface area contributed by atoms with Crippen molar-refractivity contribution >= 4 is 33.2 Å². The molecule has 0 spiro atoms. The monoisotopic (exact) mass is 353 g/mol. The minimum absolute atomic E-state index is 0.0428. The molecule has 0 aliphatic heterocycles. The van der Waals surface area contributed by atoms with E-state index in [1.54, 1.807) is 7.11 Å². The molecule has 1 saturated carbocycles. The van der Waals surface area contributed by atoms with Gasteiger partial charge in [0.25, 0.3) is 0 Å². The Labute approximate surface area is 134 Å². The van der Waals surface area contributed by atoms with Crippen molar-refractivity contribution in [2.45, 2.75) is 42.9 Å². The van der Waals surface area contributed by atoms with Crippen molar-refractivity contribution in [1.29, 1.82) is 0 Å². The highest BCUT2D eigenvalue weighted by Crippen LogP contribution is 2.32. The van der Waals surface area contributed by atoms with Crippen molar-refractivity contribution in [2.75, 3.05) is 7.11 Å². The second kappa shape index (κ2) is 6.81. The first-order chi connectivity index (χ1) is 9.89. The van der Waals surface area contributed by atoms with Gasteiger partial charge in [-0.2, -0.15) is 0 Å². The Morgan fingerprint density at radius 3 is 2.67 bits per heavy atom. The molecule has 1 aromatic rings. The summed E-state index contributed by atoms with van der Waals surface area (Å²) in [7, 11) is -2.15. The van der Waals surface area contributed by atoms with Gasteiger partial charge >= 0.3 is 0 Å². The van der Waals surface area contributed by atoms with E-state index >= 15 is 0 Å². The second-order valence-electron chi connectivity index (χ2n) is 4.99. The van der Waals surface area contributed by atoms with Crippen LogP contribution in [0, 0.1) is 0 Å². The summed E-state index contributed by atoms with van der Waals surface area (Å²) in [4.78, 5) is -0.0708. The Bertz CT molecular complexity index is 621. The van der Waals surface area contributed by atoms with E-state index in [1.807, 2.05) is 0 Å². The molecule has 1 aliphatic carbocycles. The van der Waals surface area contributed by atoms with Crippen molar-refractivity contribution in [3.05, 3.63) is 27.7 Å². The Hall–Kier alpha value is -0.370. The molecule has 21 heavy (non-hydrogen) atoms. The number of methoxy groups -OCH3 is 1. The van der Waals surface area contributed by atoms with E-state index in [1.165, 1.54) is 12.1 Å². The number of aliphatic hydroxyl groups excluding tert-OH is 1. The van der Waals surface area contributed by atoms with Gasteiger partial charge in [0.2, 0.25) is 10.0 Å². The molecule has 0 heterocycles. The van der Waals surface area contributed by atoms with Crippen molar-refractivity contribution in [2.24, 2.45) is 0 Å². The van der Waals surface area contributed by atoms with Crippen molar-refractivity contribution in [3.8, 4) is 0 Å². The Balaban J connectivity index is 2.24. The van der Waals surface area contributed by atoms with Crippen LogP contribution in [-0.2, 0) is 21.4 Å². The smallest absolute Gasteiger partial charge is 0.242 e. The summed E-state index contributed by atoms with van der Waals surface area (Å²) in [5.74, 6) is 0. The Morgan fingerprint density at radius 1 is 1.38 bits per heavy atom. The van der Waals surface area contributed by atoms with E-state index in [0.29, 0.717) is 6.42 Å². The third-order valence-corrected chi connectivity index (χ3v) is 6.10. The van der Waals surface area contributed by atoms with Crippen LogP contribution in [0.5, 0.6) is 0 Å². The molecule has 2 N–H and O–H groups in total. The number of nitrogens with one attached hydrogen (secondary N) is 1. The zero-order chi connectivity index (χ0) is 15.6. The van der Waals surface area contributed by atoms with Crippen molar-refractivity contribution in [1.82, 2.24) is 4.72 Å². The first-order valence-electron chi connectivity index (χ1n) is 6.52. The van der Waals surface area contributed by atoms with Crippen molar-refractivity contribution < 1.29 is 18.3 Å². The summed E-state index contributed by atoms with van der Waals surface area (Å²) >= 11 is 11.9. The van der Waals surface area contributed by atoms with Crippen LogP contribution in [0.1, 0.15) is 24.8 Å². The molecule has 5 nitrogen and oxygen atoms in total. The highest BCUT2D eigenvalue weighted by molar-refractivity contribution is 7.89. The first-order valence-corrected chi connectivity index (χ1v) is 8.75. The third-order valence-electron chi connectivity index (χ3n) is 3.64. The number of hydrogen-bond donors (Lipinski definition) is 2. The van der Waals surface area contributed by atoms with E-state index in [0.717, 1.165) is 12.8 Å². The van der Waals surface area contributed by atoms with Crippen LogP contribution >= 0.6 is 23.2 Å². The summed E-state index contributed by atoms with van der Waals surface area (Å²) in [5.41, 5.74) is 0.211. The van der Waals surface area contributed by atoms with Gasteiger partial charge in [-0.05, 0) is 31.4 Å². The standard InChI is InChI=1S/C13H17Cl2NO4S/c1-20-9-3-2-8(6-9)16-21(18,19)12-5-4-11(14)10(7-17)13(12)15/h4-5,8-9,16-17H,2-3,6-7H2,1H3. The molecule has 1 aromatic carbocycles.